The van der Waals surface area contributed by atoms with Gasteiger partial charge in [0.25, 0.3) is 0 Å². The van der Waals surface area contributed by atoms with Crippen molar-refractivity contribution in [2.75, 3.05) is 0 Å². The van der Waals surface area contributed by atoms with Crippen LogP contribution in [0.15, 0.2) is 28.7 Å². The molecule has 0 N–H and O–H groups in total. The minimum absolute atomic E-state index is 0.655. The van der Waals surface area contributed by atoms with Crippen molar-refractivity contribution in [2.45, 2.75) is 0 Å². The van der Waals surface area contributed by atoms with Gasteiger partial charge < -0.3 is 0 Å². The van der Waals surface area contributed by atoms with Crippen LogP contribution in [0.5, 0.6) is 0 Å². The molecule has 0 amide bonds. The quantitative estimate of drug-likeness (QED) is 0.690. The molecule has 12 heavy (non-hydrogen) atoms. The molecule has 0 atom stereocenters. The Hall–Kier alpha value is -0.780. The topological polar surface area (TPSA) is 23.8 Å². The van der Waals surface area contributed by atoms with Gasteiger partial charge in [-0.1, -0.05) is 27.5 Å². The molecule has 0 aliphatic carbocycles. The summed E-state index contributed by atoms with van der Waals surface area (Å²) in [6.07, 6.45) is 3.12. The Morgan fingerprint density at radius 1 is 1.42 bits per heavy atom. The van der Waals surface area contributed by atoms with E-state index in [0.29, 0.717) is 5.02 Å². The molecule has 1 aromatic carbocycles. The highest BCUT2D eigenvalue weighted by molar-refractivity contribution is 9.10. The first kappa shape index (κ1) is 9.31. The summed E-state index contributed by atoms with van der Waals surface area (Å²) in [6.45, 7) is 0. The molecule has 0 unspecified atom stereocenters. The van der Waals surface area contributed by atoms with Crippen molar-refractivity contribution in [3.8, 4) is 6.07 Å². The maximum atomic E-state index is 8.28. The Morgan fingerprint density at radius 3 is 2.75 bits per heavy atom. The molecule has 0 aromatic heterocycles. The SMILES string of the molecule is N#CC=Cc1cc(Cl)cc(Br)c1. The summed E-state index contributed by atoms with van der Waals surface area (Å²) < 4.78 is 0.910. The summed E-state index contributed by atoms with van der Waals surface area (Å²) in [6, 6.07) is 7.39. The van der Waals surface area contributed by atoms with Crippen molar-refractivity contribution in [3.63, 3.8) is 0 Å². The second-order valence-electron chi connectivity index (χ2n) is 2.17. The van der Waals surface area contributed by atoms with E-state index >= 15 is 0 Å². The van der Waals surface area contributed by atoms with Gasteiger partial charge in [-0.05, 0) is 29.8 Å². The molecule has 1 nitrogen and oxygen atoms in total. The normalized spacial score (nSPS) is 10.1. The number of rotatable bonds is 1. The second-order valence-corrected chi connectivity index (χ2v) is 3.52. The molecule has 0 heterocycles. The Balaban J connectivity index is 3.03. The summed E-state index contributed by atoms with van der Waals surface area (Å²) in [5.41, 5.74) is 0.913. The predicted molar refractivity (Wildman–Crippen MR) is 53.8 cm³/mol. The molecule has 0 aliphatic heterocycles. The summed E-state index contributed by atoms with van der Waals surface area (Å²) in [7, 11) is 0. The van der Waals surface area contributed by atoms with Gasteiger partial charge in [0.1, 0.15) is 0 Å². The minimum atomic E-state index is 0.655. The van der Waals surface area contributed by atoms with Gasteiger partial charge in [-0.3, -0.25) is 0 Å². The van der Waals surface area contributed by atoms with Crippen LogP contribution in [0.3, 0.4) is 0 Å². The maximum Gasteiger partial charge on any atom is 0.0912 e. The number of allylic oxidation sites excluding steroid dienone is 1. The molecular weight excluding hydrogens is 237 g/mol. The zero-order chi connectivity index (χ0) is 8.97. The van der Waals surface area contributed by atoms with E-state index in [1.54, 1.807) is 18.2 Å². The van der Waals surface area contributed by atoms with E-state index in [4.69, 9.17) is 16.9 Å². The van der Waals surface area contributed by atoms with Crippen molar-refractivity contribution < 1.29 is 0 Å². The Morgan fingerprint density at radius 2 is 2.17 bits per heavy atom. The lowest BCUT2D eigenvalue weighted by molar-refractivity contribution is 1.53. The van der Waals surface area contributed by atoms with Gasteiger partial charge in [0.2, 0.25) is 0 Å². The lowest BCUT2D eigenvalue weighted by atomic mass is 10.2. The fourth-order valence-electron chi connectivity index (χ4n) is 0.805. The van der Waals surface area contributed by atoms with Crippen molar-refractivity contribution in [2.24, 2.45) is 0 Å². The molecular formula is C9H5BrClN. The third-order valence-corrected chi connectivity index (χ3v) is 1.91. The van der Waals surface area contributed by atoms with Crippen LogP contribution in [-0.2, 0) is 0 Å². The van der Waals surface area contributed by atoms with Crippen molar-refractivity contribution >= 4 is 33.6 Å². The molecule has 0 fully saturated rings. The van der Waals surface area contributed by atoms with Crippen LogP contribution in [0, 0.1) is 11.3 Å². The molecule has 1 rings (SSSR count). The minimum Gasteiger partial charge on any atom is -0.193 e. The number of hydrogen-bond donors (Lipinski definition) is 0. The third-order valence-electron chi connectivity index (χ3n) is 1.24. The highest BCUT2D eigenvalue weighted by Crippen LogP contribution is 2.20. The number of halogens is 2. The molecule has 0 saturated carbocycles. The smallest absolute Gasteiger partial charge is 0.0912 e. The third kappa shape index (κ3) is 2.69. The molecule has 0 saturated heterocycles. The highest BCUT2D eigenvalue weighted by atomic mass is 79.9. The Labute approximate surface area is 84.4 Å². The maximum absolute atomic E-state index is 8.28. The first-order chi connectivity index (χ1) is 5.72. The highest BCUT2D eigenvalue weighted by Gasteiger charge is 1.93. The molecule has 0 radical (unpaired) electrons. The van der Waals surface area contributed by atoms with Gasteiger partial charge in [0, 0.05) is 15.6 Å². The lowest BCUT2D eigenvalue weighted by Gasteiger charge is -1.95. The molecule has 0 spiro atoms. The monoisotopic (exact) mass is 241 g/mol. The standard InChI is InChI=1S/C9H5BrClN/c10-8-4-7(2-1-3-12)5-9(11)6-8/h1-2,4-6H. The zero-order valence-electron chi connectivity index (χ0n) is 6.09. The van der Waals surface area contributed by atoms with Crippen LogP contribution in [0.2, 0.25) is 5.02 Å². The van der Waals surface area contributed by atoms with Gasteiger partial charge >= 0.3 is 0 Å². The number of nitriles is 1. The lowest BCUT2D eigenvalue weighted by Crippen LogP contribution is -1.72. The van der Waals surface area contributed by atoms with Crippen LogP contribution >= 0.6 is 27.5 Å². The molecule has 1 aromatic rings. The molecule has 0 aliphatic rings. The number of hydrogen-bond acceptors (Lipinski definition) is 1. The first-order valence-electron chi connectivity index (χ1n) is 3.24. The van der Waals surface area contributed by atoms with Gasteiger partial charge in [-0.15, -0.1) is 0 Å². The summed E-state index contributed by atoms with van der Waals surface area (Å²) in [5, 5.41) is 8.94. The van der Waals surface area contributed by atoms with Crippen molar-refractivity contribution in [1.82, 2.24) is 0 Å². The summed E-state index contributed by atoms with van der Waals surface area (Å²) >= 11 is 9.09. The van der Waals surface area contributed by atoms with Gasteiger partial charge in [0.05, 0.1) is 6.07 Å². The Kier molecular flexibility index (Phi) is 3.33. The fourth-order valence-corrected chi connectivity index (χ4v) is 1.69. The van der Waals surface area contributed by atoms with E-state index in [0.717, 1.165) is 10.0 Å². The molecule has 60 valence electrons. The predicted octanol–water partition coefficient (Wildman–Crippen LogP) is 3.64. The van der Waals surface area contributed by atoms with Crippen LogP contribution in [0.4, 0.5) is 0 Å². The van der Waals surface area contributed by atoms with E-state index in [2.05, 4.69) is 15.9 Å². The van der Waals surface area contributed by atoms with Gasteiger partial charge in [-0.25, -0.2) is 0 Å². The van der Waals surface area contributed by atoms with E-state index in [-0.39, 0.29) is 0 Å². The number of benzene rings is 1. The van der Waals surface area contributed by atoms with E-state index in [1.807, 2.05) is 12.1 Å². The van der Waals surface area contributed by atoms with Crippen LogP contribution in [0.1, 0.15) is 5.56 Å². The van der Waals surface area contributed by atoms with Crippen LogP contribution < -0.4 is 0 Å². The first-order valence-corrected chi connectivity index (χ1v) is 4.42. The average Bonchev–Trinajstić information content (AvgIpc) is 1.99. The largest absolute Gasteiger partial charge is 0.193 e. The Bertz CT molecular complexity index is 332. The van der Waals surface area contributed by atoms with E-state index in [9.17, 15) is 0 Å². The van der Waals surface area contributed by atoms with E-state index in [1.165, 1.54) is 6.08 Å². The van der Waals surface area contributed by atoms with E-state index < -0.39 is 0 Å². The van der Waals surface area contributed by atoms with Gasteiger partial charge in [-0.2, -0.15) is 5.26 Å². The summed E-state index contributed by atoms with van der Waals surface area (Å²) in [4.78, 5) is 0. The van der Waals surface area contributed by atoms with Crippen molar-refractivity contribution in [3.05, 3.63) is 39.3 Å². The van der Waals surface area contributed by atoms with Gasteiger partial charge in [0.15, 0.2) is 0 Å². The van der Waals surface area contributed by atoms with Crippen LogP contribution in [-0.4, -0.2) is 0 Å². The van der Waals surface area contributed by atoms with Crippen molar-refractivity contribution in [1.29, 1.82) is 5.26 Å². The number of nitrogens with zero attached hydrogens (tertiary/aromatic N) is 1. The summed E-state index contributed by atoms with van der Waals surface area (Å²) in [5.74, 6) is 0. The van der Waals surface area contributed by atoms with Crippen LogP contribution in [0.25, 0.3) is 6.08 Å². The molecule has 3 heteroatoms. The average molecular weight is 243 g/mol. The zero-order valence-corrected chi connectivity index (χ0v) is 8.43. The second kappa shape index (κ2) is 4.30. The molecule has 0 bridgehead atoms. The fraction of sp³-hybridized carbons (Fsp3) is 0.